The molecule has 0 aliphatic carbocycles. The van der Waals surface area contributed by atoms with Crippen molar-refractivity contribution in [3.8, 4) is 0 Å². The first-order valence-corrected chi connectivity index (χ1v) is 7.56. The molecule has 0 amide bonds. The van der Waals surface area contributed by atoms with Gasteiger partial charge in [0.15, 0.2) is 0 Å². The van der Waals surface area contributed by atoms with Crippen molar-refractivity contribution in [1.29, 1.82) is 0 Å². The summed E-state index contributed by atoms with van der Waals surface area (Å²) in [4.78, 5) is 1.34. The van der Waals surface area contributed by atoms with Crippen LogP contribution in [0.3, 0.4) is 0 Å². The molecule has 1 aliphatic rings. The molecule has 1 aromatic rings. The van der Waals surface area contributed by atoms with Crippen molar-refractivity contribution in [2.24, 2.45) is 0 Å². The Morgan fingerprint density at radius 2 is 2.50 bits per heavy atom. The lowest BCUT2D eigenvalue weighted by Crippen LogP contribution is -2.33. The van der Waals surface area contributed by atoms with Crippen LogP contribution in [-0.4, -0.2) is 12.6 Å². The van der Waals surface area contributed by atoms with Crippen molar-refractivity contribution < 1.29 is 0 Å². The van der Waals surface area contributed by atoms with Crippen LogP contribution in [0.15, 0.2) is 21.5 Å². The standard InChI is InChI=1S/C13H18BrNS/c1-10(8-11-4-2-3-6-15-11)9-13-12(14)5-7-16-13/h5,7,9,11,15H,2-4,6,8H2,1H3/b10-9-. The molecule has 1 atom stereocenters. The molecule has 0 spiro atoms. The zero-order valence-electron chi connectivity index (χ0n) is 9.63. The smallest absolute Gasteiger partial charge is 0.0411 e. The third-order valence-electron chi connectivity index (χ3n) is 3.00. The summed E-state index contributed by atoms with van der Waals surface area (Å²) < 4.78 is 1.22. The fourth-order valence-corrected chi connectivity index (χ4v) is 3.68. The minimum atomic E-state index is 0.698. The van der Waals surface area contributed by atoms with Gasteiger partial charge < -0.3 is 5.32 Å². The number of rotatable bonds is 3. The third kappa shape index (κ3) is 3.44. The molecule has 0 aromatic carbocycles. The van der Waals surface area contributed by atoms with Crippen LogP contribution >= 0.6 is 27.3 Å². The van der Waals surface area contributed by atoms with E-state index in [-0.39, 0.29) is 0 Å². The molecule has 2 rings (SSSR count). The van der Waals surface area contributed by atoms with Gasteiger partial charge in [0.2, 0.25) is 0 Å². The van der Waals surface area contributed by atoms with Crippen LogP contribution in [0.25, 0.3) is 6.08 Å². The van der Waals surface area contributed by atoms with Crippen LogP contribution in [0.2, 0.25) is 0 Å². The molecule has 3 heteroatoms. The zero-order valence-corrected chi connectivity index (χ0v) is 12.0. The molecule has 1 N–H and O–H groups in total. The molecule has 1 nitrogen and oxygen atoms in total. The van der Waals surface area contributed by atoms with Crippen LogP contribution in [0.1, 0.15) is 37.5 Å². The van der Waals surface area contributed by atoms with Gasteiger partial charge in [0.25, 0.3) is 0 Å². The normalized spacial score (nSPS) is 22.4. The van der Waals surface area contributed by atoms with E-state index >= 15 is 0 Å². The Morgan fingerprint density at radius 3 is 3.12 bits per heavy atom. The number of hydrogen-bond acceptors (Lipinski definition) is 2. The Bertz CT molecular complexity index is 364. The molecular formula is C13H18BrNS. The highest BCUT2D eigenvalue weighted by Crippen LogP contribution is 2.26. The van der Waals surface area contributed by atoms with Gasteiger partial charge in [-0.25, -0.2) is 0 Å². The van der Waals surface area contributed by atoms with E-state index in [0.29, 0.717) is 6.04 Å². The summed E-state index contributed by atoms with van der Waals surface area (Å²) in [5.41, 5.74) is 1.47. The lowest BCUT2D eigenvalue weighted by molar-refractivity contribution is 0.399. The summed E-state index contributed by atoms with van der Waals surface area (Å²) in [7, 11) is 0. The van der Waals surface area contributed by atoms with Gasteiger partial charge in [-0.3, -0.25) is 0 Å². The largest absolute Gasteiger partial charge is 0.314 e. The minimum absolute atomic E-state index is 0.698. The summed E-state index contributed by atoms with van der Waals surface area (Å²) in [6.07, 6.45) is 7.55. The highest BCUT2D eigenvalue weighted by atomic mass is 79.9. The van der Waals surface area contributed by atoms with Crippen molar-refractivity contribution in [2.45, 2.75) is 38.6 Å². The molecule has 1 aliphatic heterocycles. The third-order valence-corrected chi connectivity index (χ3v) is 4.82. The van der Waals surface area contributed by atoms with E-state index in [9.17, 15) is 0 Å². The molecule has 1 fully saturated rings. The van der Waals surface area contributed by atoms with Crippen LogP contribution in [0, 0.1) is 0 Å². The van der Waals surface area contributed by atoms with E-state index < -0.39 is 0 Å². The molecule has 88 valence electrons. The average molecular weight is 300 g/mol. The highest BCUT2D eigenvalue weighted by Gasteiger charge is 2.12. The maximum absolute atomic E-state index is 3.60. The van der Waals surface area contributed by atoms with Crippen molar-refractivity contribution in [3.05, 3.63) is 26.4 Å². The Labute approximate surface area is 110 Å². The molecule has 0 radical (unpaired) electrons. The van der Waals surface area contributed by atoms with Crippen molar-refractivity contribution in [1.82, 2.24) is 5.32 Å². The van der Waals surface area contributed by atoms with E-state index in [4.69, 9.17) is 0 Å². The van der Waals surface area contributed by atoms with Gasteiger partial charge in [0, 0.05) is 15.4 Å². The van der Waals surface area contributed by atoms with E-state index in [0.717, 1.165) is 0 Å². The van der Waals surface area contributed by atoms with Crippen molar-refractivity contribution in [2.75, 3.05) is 6.54 Å². The van der Waals surface area contributed by atoms with E-state index in [1.54, 1.807) is 11.3 Å². The lowest BCUT2D eigenvalue weighted by atomic mass is 9.98. The van der Waals surface area contributed by atoms with Crippen LogP contribution in [-0.2, 0) is 0 Å². The second-order valence-electron chi connectivity index (χ2n) is 4.47. The van der Waals surface area contributed by atoms with Gasteiger partial charge in [0.05, 0.1) is 0 Å². The van der Waals surface area contributed by atoms with Gasteiger partial charge in [-0.1, -0.05) is 12.0 Å². The molecule has 16 heavy (non-hydrogen) atoms. The summed E-state index contributed by atoms with van der Waals surface area (Å²) in [6, 6.07) is 2.81. The molecule has 0 bridgehead atoms. The average Bonchev–Trinajstić information content (AvgIpc) is 2.66. The maximum atomic E-state index is 3.60. The monoisotopic (exact) mass is 299 g/mol. The molecule has 1 unspecified atom stereocenters. The number of thiophene rings is 1. The van der Waals surface area contributed by atoms with E-state index in [2.05, 4.69) is 45.7 Å². The number of nitrogens with one attached hydrogen (secondary N) is 1. The first-order chi connectivity index (χ1) is 7.75. The molecule has 2 heterocycles. The van der Waals surface area contributed by atoms with Crippen LogP contribution in [0.5, 0.6) is 0 Å². The van der Waals surface area contributed by atoms with E-state index in [1.807, 2.05) is 0 Å². The second kappa shape index (κ2) is 5.99. The Morgan fingerprint density at radius 1 is 1.62 bits per heavy atom. The lowest BCUT2D eigenvalue weighted by Gasteiger charge is -2.23. The van der Waals surface area contributed by atoms with Gasteiger partial charge >= 0.3 is 0 Å². The predicted octanol–water partition coefficient (Wildman–Crippen LogP) is 4.45. The number of halogens is 1. The molecule has 0 saturated carbocycles. The topological polar surface area (TPSA) is 12.0 Å². The number of hydrogen-bond donors (Lipinski definition) is 1. The Balaban J connectivity index is 1.94. The molecule has 1 aromatic heterocycles. The highest BCUT2D eigenvalue weighted by molar-refractivity contribution is 9.10. The fourth-order valence-electron chi connectivity index (χ4n) is 2.18. The quantitative estimate of drug-likeness (QED) is 0.870. The van der Waals surface area contributed by atoms with E-state index in [1.165, 1.54) is 47.2 Å². The SMILES string of the molecule is C/C(=C/c1sccc1Br)CC1CCCCN1. The van der Waals surface area contributed by atoms with Crippen LogP contribution < -0.4 is 5.32 Å². The zero-order chi connectivity index (χ0) is 11.4. The molecular weight excluding hydrogens is 282 g/mol. The van der Waals surface area contributed by atoms with Crippen molar-refractivity contribution in [3.63, 3.8) is 0 Å². The van der Waals surface area contributed by atoms with Gasteiger partial charge in [-0.15, -0.1) is 11.3 Å². The summed E-state index contributed by atoms with van der Waals surface area (Å²) in [5.74, 6) is 0. The second-order valence-corrected chi connectivity index (χ2v) is 6.28. The fraction of sp³-hybridized carbons (Fsp3) is 0.538. The molecule has 1 saturated heterocycles. The first-order valence-electron chi connectivity index (χ1n) is 5.89. The van der Waals surface area contributed by atoms with Gasteiger partial charge in [0.1, 0.15) is 0 Å². The maximum Gasteiger partial charge on any atom is 0.0411 e. The number of piperidine rings is 1. The minimum Gasteiger partial charge on any atom is -0.314 e. The summed E-state index contributed by atoms with van der Waals surface area (Å²) in [5, 5.41) is 5.72. The van der Waals surface area contributed by atoms with Crippen LogP contribution in [0.4, 0.5) is 0 Å². The summed E-state index contributed by atoms with van der Waals surface area (Å²) in [6.45, 7) is 3.43. The Kier molecular flexibility index (Phi) is 4.62. The van der Waals surface area contributed by atoms with Gasteiger partial charge in [-0.2, -0.15) is 0 Å². The Hall–Kier alpha value is -0.120. The summed E-state index contributed by atoms with van der Waals surface area (Å²) >= 11 is 5.37. The predicted molar refractivity (Wildman–Crippen MR) is 75.9 cm³/mol. The first kappa shape index (κ1) is 12.3. The van der Waals surface area contributed by atoms with Crippen molar-refractivity contribution >= 4 is 33.3 Å². The van der Waals surface area contributed by atoms with Gasteiger partial charge in [-0.05, 0) is 66.2 Å².